The highest BCUT2D eigenvalue weighted by molar-refractivity contribution is 5.90. The molecule has 2 rings (SSSR count). The number of rotatable bonds is 1. The fraction of sp³-hybridized carbons (Fsp3) is 0.364. The molecule has 0 spiro atoms. The fourth-order valence-electron chi connectivity index (χ4n) is 2.09. The zero-order valence-electron chi connectivity index (χ0n) is 8.29. The quantitative estimate of drug-likeness (QED) is 0.715. The number of carboxylic acid groups (broad SMARTS) is 1. The first kappa shape index (κ1) is 9.06. The molecule has 3 heteroatoms. The van der Waals surface area contributed by atoms with E-state index in [1.165, 1.54) is 5.56 Å². The molecular formula is C11H13NO2. The summed E-state index contributed by atoms with van der Waals surface area (Å²) in [5.74, 6) is -0.384. The van der Waals surface area contributed by atoms with Gasteiger partial charge in [-0.25, -0.2) is 4.79 Å². The highest BCUT2D eigenvalue weighted by atomic mass is 16.4. The second-order valence-corrected chi connectivity index (χ2v) is 3.84. The SMILES string of the molecule is Cc1cc(C(=O)O)cc2c1C(C)CN2. The lowest BCUT2D eigenvalue weighted by Crippen LogP contribution is -1.99. The van der Waals surface area contributed by atoms with Crippen molar-refractivity contribution in [3.05, 3.63) is 28.8 Å². The maximum Gasteiger partial charge on any atom is 0.335 e. The van der Waals surface area contributed by atoms with Crippen LogP contribution in [-0.4, -0.2) is 17.6 Å². The Kier molecular flexibility index (Phi) is 1.95. The lowest BCUT2D eigenvalue weighted by Gasteiger charge is -2.08. The topological polar surface area (TPSA) is 49.3 Å². The maximum absolute atomic E-state index is 10.8. The number of hydrogen-bond acceptors (Lipinski definition) is 2. The van der Waals surface area contributed by atoms with Crippen LogP contribution in [0.2, 0.25) is 0 Å². The Bertz CT molecular complexity index is 399. The number of fused-ring (bicyclic) bond motifs is 1. The van der Waals surface area contributed by atoms with Gasteiger partial charge in [0.2, 0.25) is 0 Å². The van der Waals surface area contributed by atoms with E-state index in [1.54, 1.807) is 12.1 Å². The minimum absolute atomic E-state index is 0.364. The smallest absolute Gasteiger partial charge is 0.335 e. The normalized spacial score (nSPS) is 18.9. The Morgan fingerprint density at radius 3 is 2.93 bits per heavy atom. The molecule has 74 valence electrons. The van der Waals surface area contributed by atoms with E-state index in [0.717, 1.165) is 17.8 Å². The maximum atomic E-state index is 10.8. The molecule has 1 aliphatic heterocycles. The Morgan fingerprint density at radius 1 is 1.57 bits per heavy atom. The molecule has 0 aliphatic carbocycles. The van der Waals surface area contributed by atoms with Crippen molar-refractivity contribution >= 4 is 11.7 Å². The van der Waals surface area contributed by atoms with Crippen LogP contribution in [0.25, 0.3) is 0 Å². The molecule has 0 fully saturated rings. The molecule has 1 heterocycles. The second-order valence-electron chi connectivity index (χ2n) is 3.84. The molecule has 3 nitrogen and oxygen atoms in total. The van der Waals surface area contributed by atoms with Crippen LogP contribution in [0.15, 0.2) is 12.1 Å². The van der Waals surface area contributed by atoms with E-state index in [0.29, 0.717) is 11.5 Å². The lowest BCUT2D eigenvalue weighted by molar-refractivity contribution is 0.0697. The third kappa shape index (κ3) is 1.25. The van der Waals surface area contributed by atoms with Gasteiger partial charge in [0.25, 0.3) is 0 Å². The van der Waals surface area contributed by atoms with E-state index >= 15 is 0 Å². The second kappa shape index (κ2) is 3.01. The van der Waals surface area contributed by atoms with Crippen molar-refractivity contribution in [2.75, 3.05) is 11.9 Å². The summed E-state index contributed by atoms with van der Waals surface area (Å²) < 4.78 is 0. The predicted molar refractivity (Wildman–Crippen MR) is 55.0 cm³/mol. The van der Waals surface area contributed by atoms with Crippen LogP contribution >= 0.6 is 0 Å². The van der Waals surface area contributed by atoms with E-state index < -0.39 is 5.97 Å². The van der Waals surface area contributed by atoms with Gasteiger partial charge in [-0.05, 0) is 30.2 Å². The van der Waals surface area contributed by atoms with Crippen molar-refractivity contribution in [2.24, 2.45) is 0 Å². The largest absolute Gasteiger partial charge is 0.478 e. The zero-order chi connectivity index (χ0) is 10.3. The van der Waals surface area contributed by atoms with Crippen LogP contribution in [0, 0.1) is 6.92 Å². The molecular weight excluding hydrogens is 178 g/mol. The number of hydrogen-bond donors (Lipinski definition) is 2. The molecule has 1 atom stereocenters. The molecule has 14 heavy (non-hydrogen) atoms. The van der Waals surface area contributed by atoms with Gasteiger partial charge >= 0.3 is 5.97 Å². The summed E-state index contributed by atoms with van der Waals surface area (Å²) >= 11 is 0. The highest BCUT2D eigenvalue weighted by Gasteiger charge is 2.21. The number of carbonyl (C=O) groups is 1. The van der Waals surface area contributed by atoms with Gasteiger partial charge in [0.05, 0.1) is 5.56 Å². The molecule has 0 saturated carbocycles. The van der Waals surface area contributed by atoms with Gasteiger partial charge in [0.1, 0.15) is 0 Å². The number of aromatic carboxylic acids is 1. The number of anilines is 1. The molecule has 1 aromatic rings. The van der Waals surface area contributed by atoms with Crippen LogP contribution in [0.5, 0.6) is 0 Å². The third-order valence-electron chi connectivity index (χ3n) is 2.73. The van der Waals surface area contributed by atoms with Crippen LogP contribution in [0.3, 0.4) is 0 Å². The summed E-state index contributed by atoms with van der Waals surface area (Å²) in [6.45, 7) is 5.01. The van der Waals surface area contributed by atoms with Gasteiger partial charge < -0.3 is 10.4 Å². The number of aryl methyl sites for hydroxylation is 1. The van der Waals surface area contributed by atoms with E-state index in [4.69, 9.17) is 5.11 Å². The van der Waals surface area contributed by atoms with E-state index in [1.807, 2.05) is 6.92 Å². The van der Waals surface area contributed by atoms with Crippen LogP contribution < -0.4 is 5.32 Å². The number of carboxylic acids is 1. The average molecular weight is 191 g/mol. The van der Waals surface area contributed by atoms with E-state index in [2.05, 4.69) is 12.2 Å². The minimum Gasteiger partial charge on any atom is -0.478 e. The van der Waals surface area contributed by atoms with Crippen molar-refractivity contribution in [3.63, 3.8) is 0 Å². The van der Waals surface area contributed by atoms with Gasteiger partial charge in [0, 0.05) is 18.2 Å². The first-order valence-electron chi connectivity index (χ1n) is 4.71. The molecule has 0 saturated heterocycles. The summed E-state index contributed by atoms with van der Waals surface area (Å²) in [4.78, 5) is 10.8. The van der Waals surface area contributed by atoms with Crippen molar-refractivity contribution in [1.29, 1.82) is 0 Å². The number of benzene rings is 1. The first-order chi connectivity index (χ1) is 6.59. The predicted octanol–water partition coefficient (Wildman–Crippen LogP) is 2.22. The van der Waals surface area contributed by atoms with Crippen LogP contribution in [-0.2, 0) is 0 Å². The summed E-state index contributed by atoms with van der Waals surface area (Å²) in [7, 11) is 0. The minimum atomic E-state index is -0.864. The lowest BCUT2D eigenvalue weighted by atomic mass is 9.96. The van der Waals surface area contributed by atoms with Crippen LogP contribution in [0.4, 0.5) is 5.69 Å². The molecule has 0 amide bonds. The monoisotopic (exact) mass is 191 g/mol. The standard InChI is InChI=1S/C11H13NO2/c1-6-3-8(11(13)14)4-9-10(6)7(2)5-12-9/h3-4,7,12H,5H2,1-2H3,(H,13,14). The van der Waals surface area contributed by atoms with Gasteiger partial charge in [-0.1, -0.05) is 6.92 Å². The summed E-state index contributed by atoms with van der Waals surface area (Å²) in [6.07, 6.45) is 0. The molecule has 1 aliphatic rings. The summed E-state index contributed by atoms with van der Waals surface area (Å²) in [5, 5.41) is 12.1. The van der Waals surface area contributed by atoms with Crippen LogP contribution in [0.1, 0.15) is 34.3 Å². The Morgan fingerprint density at radius 2 is 2.29 bits per heavy atom. The van der Waals surface area contributed by atoms with Crippen molar-refractivity contribution in [3.8, 4) is 0 Å². The summed E-state index contributed by atoms with van der Waals surface area (Å²) in [5.41, 5.74) is 3.67. The van der Waals surface area contributed by atoms with E-state index in [9.17, 15) is 4.79 Å². The number of nitrogens with one attached hydrogen (secondary N) is 1. The van der Waals surface area contributed by atoms with Gasteiger partial charge in [-0.15, -0.1) is 0 Å². The van der Waals surface area contributed by atoms with Gasteiger partial charge in [0.15, 0.2) is 0 Å². The Labute approximate surface area is 82.8 Å². The van der Waals surface area contributed by atoms with Crippen molar-refractivity contribution < 1.29 is 9.90 Å². The molecule has 0 aromatic heterocycles. The summed E-state index contributed by atoms with van der Waals surface area (Å²) in [6, 6.07) is 3.46. The van der Waals surface area contributed by atoms with E-state index in [-0.39, 0.29) is 0 Å². The molecule has 0 bridgehead atoms. The zero-order valence-corrected chi connectivity index (χ0v) is 8.29. The Hall–Kier alpha value is -1.51. The first-order valence-corrected chi connectivity index (χ1v) is 4.71. The van der Waals surface area contributed by atoms with Crippen molar-refractivity contribution in [2.45, 2.75) is 19.8 Å². The highest BCUT2D eigenvalue weighted by Crippen LogP contribution is 2.34. The Balaban J connectivity index is 2.57. The van der Waals surface area contributed by atoms with Crippen molar-refractivity contribution in [1.82, 2.24) is 0 Å². The van der Waals surface area contributed by atoms with Gasteiger partial charge in [-0.2, -0.15) is 0 Å². The van der Waals surface area contributed by atoms with Gasteiger partial charge in [-0.3, -0.25) is 0 Å². The average Bonchev–Trinajstić information content (AvgIpc) is 2.48. The molecule has 1 unspecified atom stereocenters. The molecule has 1 aromatic carbocycles. The molecule has 0 radical (unpaired) electrons. The third-order valence-corrected chi connectivity index (χ3v) is 2.73. The fourth-order valence-corrected chi connectivity index (χ4v) is 2.09. The molecule has 2 N–H and O–H groups in total.